The molecule has 0 radical (unpaired) electrons. The molecular weight excluding hydrogens is 298 g/mol. The number of amides is 1. The van der Waals surface area contributed by atoms with Crippen LogP contribution in [-0.4, -0.2) is 31.5 Å². The quantitative estimate of drug-likeness (QED) is 0.639. The van der Waals surface area contributed by atoms with E-state index in [1.807, 2.05) is 28.8 Å². The topological polar surface area (TPSA) is 104 Å². The van der Waals surface area contributed by atoms with E-state index in [0.29, 0.717) is 11.4 Å². The van der Waals surface area contributed by atoms with Crippen LogP contribution in [0.2, 0.25) is 0 Å². The Labute approximate surface area is 130 Å². The number of nitrogens with zero attached hydrogens (tertiary/aromatic N) is 2. The SMILES string of the molecule is O=C(Cc1cn2ccccc2n1)Nc1ccc(O)c(C(=O)O)c1. The molecule has 0 saturated carbocycles. The van der Waals surface area contributed by atoms with Gasteiger partial charge in [0.05, 0.1) is 12.1 Å². The highest BCUT2D eigenvalue weighted by atomic mass is 16.4. The molecule has 3 N–H and O–H groups in total. The summed E-state index contributed by atoms with van der Waals surface area (Å²) in [7, 11) is 0. The number of aromatic carboxylic acids is 1. The van der Waals surface area contributed by atoms with Gasteiger partial charge in [-0.05, 0) is 30.3 Å². The number of carboxylic acids is 1. The Morgan fingerprint density at radius 1 is 1.22 bits per heavy atom. The second-order valence-corrected chi connectivity index (χ2v) is 4.96. The van der Waals surface area contributed by atoms with Gasteiger partial charge in [-0.25, -0.2) is 9.78 Å². The van der Waals surface area contributed by atoms with Crippen LogP contribution in [0.5, 0.6) is 5.75 Å². The molecule has 0 spiro atoms. The Morgan fingerprint density at radius 2 is 2.04 bits per heavy atom. The highest BCUT2D eigenvalue weighted by Gasteiger charge is 2.12. The molecule has 0 bridgehead atoms. The van der Waals surface area contributed by atoms with Gasteiger partial charge in [0.1, 0.15) is 17.0 Å². The number of carboxylic acid groups (broad SMARTS) is 1. The van der Waals surface area contributed by atoms with E-state index < -0.39 is 5.97 Å². The summed E-state index contributed by atoms with van der Waals surface area (Å²) in [4.78, 5) is 27.3. The van der Waals surface area contributed by atoms with Crippen LogP contribution in [0.1, 0.15) is 16.1 Å². The summed E-state index contributed by atoms with van der Waals surface area (Å²) in [6, 6.07) is 9.42. The van der Waals surface area contributed by atoms with E-state index in [-0.39, 0.29) is 23.6 Å². The molecule has 23 heavy (non-hydrogen) atoms. The fourth-order valence-electron chi connectivity index (χ4n) is 2.23. The molecule has 2 aromatic heterocycles. The van der Waals surface area contributed by atoms with E-state index in [9.17, 15) is 14.7 Å². The molecule has 1 amide bonds. The number of benzene rings is 1. The van der Waals surface area contributed by atoms with Crippen molar-refractivity contribution in [3.05, 3.63) is 60.0 Å². The first-order valence-corrected chi connectivity index (χ1v) is 6.82. The van der Waals surface area contributed by atoms with Gasteiger partial charge in [-0.15, -0.1) is 0 Å². The van der Waals surface area contributed by atoms with Gasteiger partial charge < -0.3 is 19.9 Å². The van der Waals surface area contributed by atoms with Crippen LogP contribution in [-0.2, 0) is 11.2 Å². The third-order valence-corrected chi connectivity index (χ3v) is 3.27. The number of rotatable bonds is 4. The van der Waals surface area contributed by atoms with Crippen molar-refractivity contribution in [1.82, 2.24) is 9.38 Å². The van der Waals surface area contributed by atoms with Gasteiger partial charge in [0.25, 0.3) is 0 Å². The fraction of sp³-hybridized carbons (Fsp3) is 0.0625. The second-order valence-electron chi connectivity index (χ2n) is 4.96. The van der Waals surface area contributed by atoms with Gasteiger partial charge in [-0.1, -0.05) is 6.07 Å². The fourth-order valence-corrected chi connectivity index (χ4v) is 2.23. The number of aromatic hydroxyl groups is 1. The first kappa shape index (κ1) is 14.6. The number of hydrogen-bond acceptors (Lipinski definition) is 4. The lowest BCUT2D eigenvalue weighted by Gasteiger charge is -2.06. The van der Waals surface area contributed by atoms with Gasteiger partial charge in [-0.3, -0.25) is 4.79 Å². The Morgan fingerprint density at radius 3 is 2.78 bits per heavy atom. The molecule has 0 saturated heterocycles. The van der Waals surface area contributed by atoms with E-state index in [4.69, 9.17) is 5.11 Å². The maximum Gasteiger partial charge on any atom is 0.339 e. The molecular formula is C16H13N3O4. The van der Waals surface area contributed by atoms with Gasteiger partial charge >= 0.3 is 5.97 Å². The van der Waals surface area contributed by atoms with E-state index in [0.717, 1.165) is 5.65 Å². The normalized spacial score (nSPS) is 10.6. The van der Waals surface area contributed by atoms with Crippen molar-refractivity contribution in [1.29, 1.82) is 0 Å². The molecule has 0 aliphatic rings. The van der Waals surface area contributed by atoms with E-state index in [2.05, 4.69) is 10.3 Å². The molecule has 0 atom stereocenters. The summed E-state index contributed by atoms with van der Waals surface area (Å²) >= 11 is 0. The maximum absolute atomic E-state index is 12.1. The maximum atomic E-state index is 12.1. The number of phenols is 1. The lowest BCUT2D eigenvalue weighted by atomic mass is 10.1. The highest BCUT2D eigenvalue weighted by molar-refractivity contribution is 5.96. The molecule has 1 aromatic carbocycles. The van der Waals surface area contributed by atoms with Crippen LogP contribution < -0.4 is 5.32 Å². The first-order chi connectivity index (χ1) is 11.0. The largest absolute Gasteiger partial charge is 0.507 e. The Hall–Kier alpha value is -3.35. The summed E-state index contributed by atoms with van der Waals surface area (Å²) in [6.07, 6.45) is 3.65. The minimum atomic E-state index is -1.26. The van der Waals surface area contributed by atoms with Crippen LogP contribution in [0.4, 0.5) is 5.69 Å². The number of hydrogen-bond donors (Lipinski definition) is 3. The Balaban J connectivity index is 1.74. The van der Waals surface area contributed by atoms with Crippen molar-refractivity contribution in [3.63, 3.8) is 0 Å². The number of carbonyl (C=O) groups excluding carboxylic acids is 1. The summed E-state index contributed by atoms with van der Waals surface area (Å²) in [5.41, 5.74) is 1.38. The lowest BCUT2D eigenvalue weighted by molar-refractivity contribution is -0.115. The number of anilines is 1. The van der Waals surface area contributed by atoms with Gasteiger partial charge in [0, 0.05) is 18.1 Å². The number of imidazole rings is 1. The monoisotopic (exact) mass is 311 g/mol. The zero-order chi connectivity index (χ0) is 16.4. The molecule has 0 aliphatic carbocycles. The summed E-state index contributed by atoms with van der Waals surface area (Å²) in [5, 5.41) is 21.0. The smallest absolute Gasteiger partial charge is 0.339 e. The van der Waals surface area contributed by atoms with Crippen molar-refractivity contribution >= 4 is 23.2 Å². The zero-order valence-electron chi connectivity index (χ0n) is 11.9. The third-order valence-electron chi connectivity index (χ3n) is 3.27. The minimum Gasteiger partial charge on any atom is -0.507 e. The number of nitrogens with one attached hydrogen (secondary N) is 1. The number of aromatic nitrogens is 2. The van der Waals surface area contributed by atoms with Crippen molar-refractivity contribution in [3.8, 4) is 5.75 Å². The molecule has 0 aliphatic heterocycles. The van der Waals surface area contributed by atoms with Crippen molar-refractivity contribution in [2.75, 3.05) is 5.32 Å². The summed E-state index contributed by atoms with van der Waals surface area (Å²) in [6.45, 7) is 0. The van der Waals surface area contributed by atoms with Crippen LogP contribution >= 0.6 is 0 Å². The zero-order valence-corrected chi connectivity index (χ0v) is 11.9. The number of fused-ring (bicyclic) bond motifs is 1. The summed E-state index contributed by atoms with van der Waals surface area (Å²) in [5.74, 6) is -1.94. The Kier molecular flexibility index (Phi) is 3.68. The van der Waals surface area contributed by atoms with Crippen molar-refractivity contribution in [2.24, 2.45) is 0 Å². The minimum absolute atomic E-state index is 0.0605. The summed E-state index contributed by atoms with van der Waals surface area (Å²) < 4.78 is 1.81. The average molecular weight is 311 g/mol. The average Bonchev–Trinajstić information content (AvgIpc) is 2.90. The van der Waals surface area contributed by atoms with E-state index in [1.54, 1.807) is 6.20 Å². The third kappa shape index (κ3) is 3.13. The van der Waals surface area contributed by atoms with Gasteiger partial charge in [0.15, 0.2) is 0 Å². The molecule has 0 unspecified atom stereocenters. The van der Waals surface area contributed by atoms with Crippen LogP contribution in [0.25, 0.3) is 5.65 Å². The predicted octanol–water partition coefficient (Wildman–Crippen LogP) is 1.92. The van der Waals surface area contributed by atoms with Crippen LogP contribution in [0.3, 0.4) is 0 Å². The van der Waals surface area contributed by atoms with Crippen LogP contribution in [0, 0.1) is 0 Å². The molecule has 7 nitrogen and oxygen atoms in total. The Bertz CT molecular complexity index is 868. The standard InChI is InChI=1S/C16H13N3O4/c20-13-5-4-10(7-12(13)16(22)23)18-15(21)8-11-9-19-6-2-1-3-14(19)17-11/h1-7,9,20H,8H2,(H,18,21)(H,22,23). The first-order valence-electron chi connectivity index (χ1n) is 6.82. The molecule has 2 heterocycles. The van der Waals surface area contributed by atoms with Crippen molar-refractivity contribution in [2.45, 2.75) is 6.42 Å². The van der Waals surface area contributed by atoms with E-state index >= 15 is 0 Å². The highest BCUT2D eigenvalue weighted by Crippen LogP contribution is 2.21. The van der Waals surface area contributed by atoms with E-state index in [1.165, 1.54) is 18.2 Å². The van der Waals surface area contributed by atoms with Crippen LogP contribution in [0.15, 0.2) is 48.8 Å². The molecule has 116 valence electrons. The molecule has 7 heteroatoms. The second kappa shape index (κ2) is 5.80. The number of pyridine rings is 1. The molecule has 0 fully saturated rings. The predicted molar refractivity (Wildman–Crippen MR) is 82.6 cm³/mol. The molecule has 3 rings (SSSR count). The van der Waals surface area contributed by atoms with Gasteiger partial charge in [-0.2, -0.15) is 0 Å². The van der Waals surface area contributed by atoms with Crippen molar-refractivity contribution < 1.29 is 19.8 Å². The van der Waals surface area contributed by atoms with Gasteiger partial charge in [0.2, 0.25) is 5.91 Å². The number of carbonyl (C=O) groups is 2. The lowest BCUT2D eigenvalue weighted by Crippen LogP contribution is -2.15. The molecule has 3 aromatic rings.